The lowest BCUT2D eigenvalue weighted by Crippen LogP contribution is -2.26. The second-order valence-corrected chi connectivity index (χ2v) is 11.3. The van der Waals surface area contributed by atoms with Crippen LogP contribution in [0.15, 0.2) is 84.9 Å². The van der Waals surface area contributed by atoms with E-state index in [-0.39, 0.29) is 5.52 Å². The van der Waals surface area contributed by atoms with Crippen LogP contribution in [0.25, 0.3) is 11.1 Å². The fraction of sp³-hybridized carbons (Fsp3) is 0.138. The molecule has 3 heteroatoms. The van der Waals surface area contributed by atoms with Crippen LogP contribution >= 0.6 is 7.14 Å². The third-order valence-corrected chi connectivity index (χ3v) is 9.38. The van der Waals surface area contributed by atoms with Crippen molar-refractivity contribution < 1.29 is 9.36 Å². The molecule has 0 heterocycles. The topological polar surface area (TPSA) is 34.1 Å². The zero-order chi connectivity index (χ0) is 22.5. The van der Waals surface area contributed by atoms with E-state index < -0.39 is 7.14 Å². The minimum atomic E-state index is -3.61. The Bertz CT molecular complexity index is 1390. The van der Waals surface area contributed by atoms with Crippen molar-refractivity contribution in [2.75, 3.05) is 0 Å². The number of benzene rings is 4. The summed E-state index contributed by atoms with van der Waals surface area (Å²) in [6, 6.07) is 27.5. The van der Waals surface area contributed by atoms with Crippen molar-refractivity contribution in [3.05, 3.63) is 118 Å². The van der Waals surface area contributed by atoms with E-state index in [9.17, 15) is 4.79 Å². The molecule has 4 aromatic carbocycles. The van der Waals surface area contributed by atoms with Gasteiger partial charge in [0.2, 0.25) is 12.7 Å². The minimum absolute atomic E-state index is 0.275. The van der Waals surface area contributed by atoms with Crippen LogP contribution < -0.4 is 10.6 Å². The summed E-state index contributed by atoms with van der Waals surface area (Å²) in [5, 5.41) is 1.26. The zero-order valence-corrected chi connectivity index (χ0v) is 19.4. The molecule has 2 nitrogen and oxygen atoms in total. The predicted octanol–water partition coefficient (Wildman–Crippen LogP) is 6.34. The summed E-state index contributed by atoms with van der Waals surface area (Å²) in [5.41, 5.74) is 7.63. The second kappa shape index (κ2) is 7.73. The number of rotatable bonds is 4. The first-order valence-corrected chi connectivity index (χ1v) is 12.6. The molecule has 4 aromatic rings. The SMILES string of the molecule is Cc1cc(C)c(C(=O)P(=O)(c2ccccc2)c2cccc3c2Cc2ccccc2-3)c(C)c1. The molecule has 0 aromatic heterocycles. The Kier molecular flexibility index (Phi) is 4.99. The van der Waals surface area contributed by atoms with Gasteiger partial charge in [-0.25, -0.2) is 0 Å². The Labute approximate surface area is 189 Å². The lowest BCUT2D eigenvalue weighted by molar-refractivity contribution is 0.107. The Morgan fingerprint density at radius 2 is 1.38 bits per heavy atom. The molecular formula is C29H25O2P. The summed E-state index contributed by atoms with van der Waals surface area (Å²) in [4.78, 5) is 14.2. The average molecular weight is 436 g/mol. The van der Waals surface area contributed by atoms with Crippen molar-refractivity contribution >= 4 is 23.3 Å². The minimum Gasteiger partial charge on any atom is -0.305 e. The number of aryl methyl sites for hydroxylation is 3. The first-order chi connectivity index (χ1) is 15.4. The molecule has 0 spiro atoms. The van der Waals surface area contributed by atoms with Crippen LogP contribution in [0.5, 0.6) is 0 Å². The van der Waals surface area contributed by atoms with E-state index in [0.717, 1.165) is 27.8 Å². The van der Waals surface area contributed by atoms with Crippen LogP contribution in [-0.2, 0) is 11.0 Å². The van der Waals surface area contributed by atoms with Crippen molar-refractivity contribution in [3.8, 4) is 11.1 Å². The van der Waals surface area contributed by atoms with Gasteiger partial charge >= 0.3 is 0 Å². The highest BCUT2D eigenvalue weighted by molar-refractivity contribution is 7.93. The number of carbonyl (C=O) groups is 1. The van der Waals surface area contributed by atoms with Crippen LogP contribution in [0.4, 0.5) is 0 Å². The lowest BCUT2D eigenvalue weighted by atomic mass is 10.0. The highest BCUT2D eigenvalue weighted by Crippen LogP contribution is 2.51. The molecule has 0 aliphatic heterocycles. The molecule has 1 aliphatic rings. The van der Waals surface area contributed by atoms with Crippen LogP contribution in [-0.4, -0.2) is 5.52 Å². The smallest absolute Gasteiger partial charge is 0.230 e. The zero-order valence-electron chi connectivity index (χ0n) is 18.6. The molecule has 158 valence electrons. The number of carbonyl (C=O) groups excluding carboxylic acids is 1. The summed E-state index contributed by atoms with van der Waals surface area (Å²) in [7, 11) is -3.61. The van der Waals surface area contributed by atoms with Crippen molar-refractivity contribution in [2.24, 2.45) is 0 Å². The van der Waals surface area contributed by atoms with Gasteiger partial charge in [0.25, 0.3) is 0 Å². The van der Waals surface area contributed by atoms with E-state index in [1.807, 2.05) is 87.5 Å². The molecule has 5 rings (SSSR count). The Morgan fingerprint density at radius 1 is 0.750 bits per heavy atom. The molecule has 0 bridgehead atoms. The molecule has 1 unspecified atom stereocenters. The van der Waals surface area contributed by atoms with E-state index in [0.29, 0.717) is 22.6 Å². The van der Waals surface area contributed by atoms with Crippen molar-refractivity contribution in [2.45, 2.75) is 27.2 Å². The molecule has 0 radical (unpaired) electrons. The monoisotopic (exact) mass is 436 g/mol. The van der Waals surface area contributed by atoms with Gasteiger partial charge in [-0.2, -0.15) is 0 Å². The molecule has 1 atom stereocenters. The van der Waals surface area contributed by atoms with Gasteiger partial charge in [-0.3, -0.25) is 4.79 Å². The molecule has 32 heavy (non-hydrogen) atoms. The van der Waals surface area contributed by atoms with Crippen LogP contribution in [0.3, 0.4) is 0 Å². The molecule has 0 N–H and O–H groups in total. The standard InChI is InChI=1S/C29H25O2P/c1-19-16-20(2)28(21(3)17-19)29(30)32(31,23-11-5-4-6-12-23)27-15-9-14-25-24-13-8-7-10-22(24)18-26(25)27/h4-17H,18H2,1-3H3. The van der Waals surface area contributed by atoms with Gasteiger partial charge in [-0.1, -0.05) is 90.5 Å². The van der Waals surface area contributed by atoms with Gasteiger partial charge in [-0.15, -0.1) is 0 Å². The van der Waals surface area contributed by atoms with Gasteiger partial charge in [-0.05, 0) is 60.6 Å². The van der Waals surface area contributed by atoms with Crippen LogP contribution in [0.2, 0.25) is 0 Å². The van der Waals surface area contributed by atoms with Crippen molar-refractivity contribution in [1.29, 1.82) is 0 Å². The van der Waals surface area contributed by atoms with E-state index in [1.165, 1.54) is 11.1 Å². The Hall–Kier alpha value is -3.22. The van der Waals surface area contributed by atoms with Crippen LogP contribution in [0, 0.1) is 20.8 Å². The Balaban J connectivity index is 1.79. The van der Waals surface area contributed by atoms with E-state index >= 15 is 4.57 Å². The van der Waals surface area contributed by atoms with Crippen molar-refractivity contribution in [1.82, 2.24) is 0 Å². The van der Waals surface area contributed by atoms with E-state index in [2.05, 4.69) is 18.2 Å². The van der Waals surface area contributed by atoms with Crippen LogP contribution in [0.1, 0.15) is 38.2 Å². The number of fused-ring (bicyclic) bond motifs is 3. The van der Waals surface area contributed by atoms with Crippen molar-refractivity contribution in [3.63, 3.8) is 0 Å². The summed E-state index contributed by atoms with van der Waals surface area (Å²) in [5.74, 6) is 0. The molecular weight excluding hydrogens is 411 g/mol. The maximum Gasteiger partial charge on any atom is 0.230 e. The maximum atomic E-state index is 15.1. The third-order valence-electron chi connectivity index (χ3n) is 6.46. The maximum absolute atomic E-state index is 15.1. The summed E-state index contributed by atoms with van der Waals surface area (Å²) in [6.07, 6.45) is 0.692. The van der Waals surface area contributed by atoms with Gasteiger partial charge in [0, 0.05) is 16.2 Å². The molecule has 0 fully saturated rings. The van der Waals surface area contributed by atoms with Gasteiger partial charge in [0.15, 0.2) is 0 Å². The van der Waals surface area contributed by atoms with E-state index in [1.54, 1.807) is 0 Å². The fourth-order valence-electron chi connectivity index (χ4n) is 5.11. The Morgan fingerprint density at radius 3 is 2.09 bits per heavy atom. The van der Waals surface area contributed by atoms with Gasteiger partial charge in [0.1, 0.15) is 0 Å². The summed E-state index contributed by atoms with van der Waals surface area (Å²) >= 11 is 0. The molecule has 0 saturated carbocycles. The second-order valence-electron chi connectivity index (χ2n) is 8.66. The fourth-order valence-corrected chi connectivity index (χ4v) is 7.98. The van der Waals surface area contributed by atoms with Gasteiger partial charge in [0.05, 0.1) is 0 Å². The highest BCUT2D eigenvalue weighted by atomic mass is 31.2. The molecule has 0 saturated heterocycles. The first-order valence-electron chi connectivity index (χ1n) is 10.9. The predicted molar refractivity (Wildman–Crippen MR) is 133 cm³/mol. The normalized spacial score (nSPS) is 13.8. The van der Waals surface area contributed by atoms with E-state index in [4.69, 9.17) is 0 Å². The van der Waals surface area contributed by atoms with Gasteiger partial charge < -0.3 is 4.57 Å². The first kappa shape index (κ1) is 20.7. The third kappa shape index (κ3) is 3.10. The largest absolute Gasteiger partial charge is 0.305 e. The number of hydrogen-bond donors (Lipinski definition) is 0. The molecule has 1 aliphatic carbocycles. The molecule has 0 amide bonds. The quantitative estimate of drug-likeness (QED) is 0.308. The lowest BCUT2D eigenvalue weighted by Gasteiger charge is -2.23. The number of hydrogen-bond acceptors (Lipinski definition) is 2. The average Bonchev–Trinajstić information content (AvgIpc) is 3.17. The summed E-state index contributed by atoms with van der Waals surface area (Å²) < 4.78 is 15.1. The highest BCUT2D eigenvalue weighted by Gasteiger charge is 2.41. The summed E-state index contributed by atoms with van der Waals surface area (Å²) in [6.45, 7) is 5.90.